The summed E-state index contributed by atoms with van der Waals surface area (Å²) in [6.45, 7) is 4.45. The molecule has 3 N–H and O–H groups in total. The molecule has 1 unspecified atom stereocenters. The van der Waals surface area contributed by atoms with E-state index >= 15 is 0 Å². The Labute approximate surface area is 172 Å². The average Bonchev–Trinajstić information content (AvgIpc) is 3.42. The third-order valence-electron chi connectivity index (χ3n) is 6.41. The molecule has 1 atom stereocenters. The van der Waals surface area contributed by atoms with E-state index < -0.39 is 0 Å². The van der Waals surface area contributed by atoms with Gasteiger partial charge in [0.05, 0.1) is 11.3 Å². The molecule has 5 nitrogen and oxygen atoms in total. The van der Waals surface area contributed by atoms with Crippen molar-refractivity contribution in [2.75, 3.05) is 25.0 Å². The molecule has 1 saturated carbocycles. The molecule has 2 amide bonds. The molecular weight excluding hydrogens is 362 g/mol. The van der Waals surface area contributed by atoms with Crippen LogP contribution in [0.5, 0.6) is 0 Å². The second-order valence-electron chi connectivity index (χ2n) is 8.35. The molecule has 1 spiro atoms. The Morgan fingerprint density at radius 1 is 1.07 bits per heavy atom. The van der Waals surface area contributed by atoms with Crippen molar-refractivity contribution in [1.82, 2.24) is 10.6 Å². The molecule has 152 valence electrons. The zero-order valence-electron chi connectivity index (χ0n) is 17.0. The fourth-order valence-corrected chi connectivity index (χ4v) is 4.54. The lowest BCUT2D eigenvalue weighted by atomic mass is 9.91. The topological polar surface area (TPSA) is 70.2 Å². The van der Waals surface area contributed by atoms with E-state index in [2.05, 4.69) is 28.1 Å². The fourth-order valence-electron chi connectivity index (χ4n) is 4.54. The normalized spacial score (nSPS) is 19.6. The van der Waals surface area contributed by atoms with Gasteiger partial charge in [-0.1, -0.05) is 42.5 Å². The maximum Gasteiger partial charge on any atom is 0.253 e. The predicted octanol–water partition coefficient (Wildman–Crippen LogP) is 3.30. The number of benzene rings is 2. The van der Waals surface area contributed by atoms with Crippen molar-refractivity contribution in [3.63, 3.8) is 0 Å². The van der Waals surface area contributed by atoms with Gasteiger partial charge in [0.25, 0.3) is 5.91 Å². The molecule has 1 aliphatic carbocycles. The summed E-state index contributed by atoms with van der Waals surface area (Å²) >= 11 is 0. The fraction of sp³-hybridized carbons (Fsp3) is 0.417. The van der Waals surface area contributed by atoms with Gasteiger partial charge in [0, 0.05) is 12.5 Å². The Kier molecular flexibility index (Phi) is 5.67. The number of aryl methyl sites for hydroxylation is 1. The van der Waals surface area contributed by atoms with Crippen molar-refractivity contribution < 1.29 is 9.59 Å². The Balaban J connectivity index is 1.40. The maximum atomic E-state index is 12.9. The minimum absolute atomic E-state index is 0.0517. The van der Waals surface area contributed by atoms with Crippen LogP contribution in [0.4, 0.5) is 5.69 Å². The zero-order valence-corrected chi connectivity index (χ0v) is 17.0. The van der Waals surface area contributed by atoms with Crippen LogP contribution in [0.15, 0.2) is 48.5 Å². The summed E-state index contributed by atoms with van der Waals surface area (Å²) in [4.78, 5) is 25.7. The van der Waals surface area contributed by atoms with Crippen molar-refractivity contribution in [3.05, 3.63) is 65.2 Å². The van der Waals surface area contributed by atoms with Gasteiger partial charge in [-0.25, -0.2) is 0 Å². The van der Waals surface area contributed by atoms with Gasteiger partial charge in [-0.05, 0) is 68.3 Å². The molecule has 1 heterocycles. The lowest BCUT2D eigenvalue weighted by Crippen LogP contribution is -2.32. The number of nitrogens with one attached hydrogen (secondary N) is 3. The van der Waals surface area contributed by atoms with Gasteiger partial charge in [-0.2, -0.15) is 0 Å². The van der Waals surface area contributed by atoms with Gasteiger partial charge in [0.1, 0.15) is 0 Å². The van der Waals surface area contributed by atoms with E-state index in [9.17, 15) is 9.59 Å². The molecule has 29 heavy (non-hydrogen) atoms. The summed E-state index contributed by atoms with van der Waals surface area (Å²) in [6, 6.07) is 15.7. The molecule has 2 aromatic rings. The summed E-state index contributed by atoms with van der Waals surface area (Å²) < 4.78 is 0. The largest absolute Gasteiger partial charge is 0.352 e. The van der Waals surface area contributed by atoms with E-state index in [4.69, 9.17) is 0 Å². The highest BCUT2D eigenvalue weighted by Gasteiger charge is 2.57. The highest BCUT2D eigenvalue weighted by atomic mass is 16.2. The number of hydrogen-bond acceptors (Lipinski definition) is 3. The number of anilines is 1. The van der Waals surface area contributed by atoms with Crippen molar-refractivity contribution in [1.29, 1.82) is 0 Å². The van der Waals surface area contributed by atoms with Crippen LogP contribution in [0.1, 0.15) is 40.7 Å². The maximum absolute atomic E-state index is 12.9. The SMILES string of the molecule is Cc1cccc(NC(=O)C2CC23CCNCC3)c1C(=O)NCCc1ccccc1. The lowest BCUT2D eigenvalue weighted by Gasteiger charge is -2.23. The number of piperidine rings is 1. The molecule has 4 rings (SSSR count). The van der Waals surface area contributed by atoms with E-state index in [1.165, 1.54) is 5.56 Å². The molecule has 5 heteroatoms. The van der Waals surface area contributed by atoms with Crippen molar-refractivity contribution in [3.8, 4) is 0 Å². The summed E-state index contributed by atoms with van der Waals surface area (Å²) in [5.74, 6) is -0.0170. The van der Waals surface area contributed by atoms with E-state index in [-0.39, 0.29) is 23.1 Å². The standard InChI is InChI=1S/C24H29N3O2/c1-17-6-5-9-20(27-22(28)19-16-24(19)11-14-25-15-12-24)21(17)23(29)26-13-10-18-7-3-2-4-8-18/h2-9,19,25H,10-16H2,1H3,(H,26,29)(H,27,28). The number of rotatable bonds is 6. The Morgan fingerprint density at radius 3 is 2.59 bits per heavy atom. The number of amides is 2. The van der Waals surface area contributed by atoms with Crippen LogP contribution in [-0.2, 0) is 11.2 Å². The summed E-state index contributed by atoms with van der Waals surface area (Å²) in [7, 11) is 0. The number of hydrogen-bond donors (Lipinski definition) is 3. The van der Waals surface area contributed by atoms with Crippen LogP contribution in [0, 0.1) is 18.3 Å². The smallest absolute Gasteiger partial charge is 0.253 e. The van der Waals surface area contributed by atoms with Gasteiger partial charge in [-0.3, -0.25) is 9.59 Å². The second-order valence-corrected chi connectivity index (χ2v) is 8.35. The van der Waals surface area contributed by atoms with Gasteiger partial charge in [0.2, 0.25) is 5.91 Å². The third-order valence-corrected chi connectivity index (χ3v) is 6.41. The van der Waals surface area contributed by atoms with Gasteiger partial charge < -0.3 is 16.0 Å². The molecular formula is C24H29N3O2. The average molecular weight is 392 g/mol. The van der Waals surface area contributed by atoms with Crippen molar-refractivity contribution in [2.45, 2.75) is 32.6 Å². The Bertz CT molecular complexity index is 888. The van der Waals surface area contributed by atoms with E-state index in [0.717, 1.165) is 44.3 Å². The highest BCUT2D eigenvalue weighted by molar-refractivity contribution is 6.05. The molecule has 0 bridgehead atoms. The summed E-state index contributed by atoms with van der Waals surface area (Å²) in [6.07, 6.45) is 3.86. The van der Waals surface area contributed by atoms with Crippen molar-refractivity contribution >= 4 is 17.5 Å². The number of carbonyl (C=O) groups excluding carboxylic acids is 2. The zero-order chi connectivity index (χ0) is 20.3. The molecule has 1 aliphatic heterocycles. The van der Waals surface area contributed by atoms with Crippen LogP contribution in [0.2, 0.25) is 0 Å². The van der Waals surface area contributed by atoms with Crippen LogP contribution >= 0.6 is 0 Å². The predicted molar refractivity (Wildman–Crippen MR) is 115 cm³/mol. The second kappa shape index (κ2) is 8.37. The molecule has 2 aliphatic rings. The van der Waals surface area contributed by atoms with E-state index in [0.29, 0.717) is 17.8 Å². The Hall–Kier alpha value is -2.66. The minimum atomic E-state index is -0.137. The first-order valence-corrected chi connectivity index (χ1v) is 10.5. The quantitative estimate of drug-likeness (QED) is 0.708. The van der Waals surface area contributed by atoms with Gasteiger partial charge >= 0.3 is 0 Å². The van der Waals surface area contributed by atoms with Crippen LogP contribution in [0.25, 0.3) is 0 Å². The molecule has 1 saturated heterocycles. The number of carbonyl (C=O) groups is 2. The Morgan fingerprint density at radius 2 is 1.83 bits per heavy atom. The first-order chi connectivity index (χ1) is 14.1. The van der Waals surface area contributed by atoms with Crippen LogP contribution in [-0.4, -0.2) is 31.4 Å². The van der Waals surface area contributed by atoms with Crippen molar-refractivity contribution in [2.24, 2.45) is 11.3 Å². The van der Waals surface area contributed by atoms with E-state index in [1.807, 2.05) is 43.3 Å². The lowest BCUT2D eigenvalue weighted by molar-refractivity contribution is -0.118. The summed E-state index contributed by atoms with van der Waals surface area (Å²) in [5.41, 5.74) is 3.41. The molecule has 2 aromatic carbocycles. The molecule has 2 fully saturated rings. The third kappa shape index (κ3) is 4.35. The first-order valence-electron chi connectivity index (χ1n) is 10.5. The van der Waals surface area contributed by atoms with Crippen LogP contribution < -0.4 is 16.0 Å². The van der Waals surface area contributed by atoms with Gasteiger partial charge in [0.15, 0.2) is 0 Å². The monoisotopic (exact) mass is 391 g/mol. The minimum Gasteiger partial charge on any atom is -0.352 e. The molecule has 0 aromatic heterocycles. The van der Waals surface area contributed by atoms with E-state index in [1.54, 1.807) is 0 Å². The highest BCUT2D eigenvalue weighted by Crippen LogP contribution is 2.58. The van der Waals surface area contributed by atoms with Gasteiger partial charge in [-0.15, -0.1) is 0 Å². The molecule has 0 radical (unpaired) electrons. The first kappa shape index (κ1) is 19.6. The summed E-state index contributed by atoms with van der Waals surface area (Å²) in [5, 5.41) is 9.43. The van der Waals surface area contributed by atoms with Crippen LogP contribution in [0.3, 0.4) is 0 Å².